The fraction of sp³-hybridized carbons (Fsp3) is 0.400. The summed E-state index contributed by atoms with van der Waals surface area (Å²) in [5, 5.41) is 4.52. The Hall–Kier alpha value is -1.49. The van der Waals surface area contributed by atoms with Gasteiger partial charge in [0.15, 0.2) is 5.82 Å². The highest BCUT2D eigenvalue weighted by molar-refractivity contribution is 6.30. The monoisotopic (exact) mass is 237 g/mol. The van der Waals surface area contributed by atoms with Crippen LogP contribution in [0.25, 0.3) is 5.82 Å². The van der Waals surface area contributed by atoms with Gasteiger partial charge in [-0.15, -0.1) is 0 Å². The number of aromatic nitrogens is 5. The van der Waals surface area contributed by atoms with Crippen molar-refractivity contribution in [3.63, 3.8) is 0 Å². The topological polar surface area (TPSA) is 56.5 Å². The average molecular weight is 238 g/mol. The van der Waals surface area contributed by atoms with Crippen molar-refractivity contribution in [3.05, 3.63) is 29.2 Å². The van der Waals surface area contributed by atoms with Crippen LogP contribution in [-0.2, 0) is 6.42 Å². The van der Waals surface area contributed by atoms with Gasteiger partial charge in [-0.05, 0) is 13.3 Å². The zero-order chi connectivity index (χ0) is 11.5. The number of hydrogen-bond acceptors (Lipinski definition) is 4. The van der Waals surface area contributed by atoms with Gasteiger partial charge in [0.25, 0.3) is 0 Å². The van der Waals surface area contributed by atoms with Gasteiger partial charge in [0, 0.05) is 12.0 Å². The minimum atomic E-state index is 0.476. The first-order valence-electron chi connectivity index (χ1n) is 5.10. The summed E-state index contributed by atoms with van der Waals surface area (Å²) in [4.78, 5) is 12.5. The van der Waals surface area contributed by atoms with E-state index < -0.39 is 0 Å². The quantitative estimate of drug-likeness (QED) is 0.766. The van der Waals surface area contributed by atoms with Crippen LogP contribution in [0.3, 0.4) is 0 Å². The minimum Gasteiger partial charge on any atom is -0.223 e. The maximum atomic E-state index is 6.06. The molecule has 0 aliphatic rings. The van der Waals surface area contributed by atoms with Gasteiger partial charge in [-0.25, -0.2) is 19.6 Å². The van der Waals surface area contributed by atoms with Gasteiger partial charge in [0.2, 0.25) is 0 Å². The van der Waals surface area contributed by atoms with E-state index in [9.17, 15) is 0 Å². The molecule has 0 saturated heterocycles. The van der Waals surface area contributed by atoms with E-state index in [1.807, 2.05) is 6.92 Å². The van der Waals surface area contributed by atoms with E-state index in [2.05, 4.69) is 27.0 Å². The van der Waals surface area contributed by atoms with E-state index in [4.69, 9.17) is 11.6 Å². The fourth-order valence-electron chi connectivity index (χ4n) is 1.40. The predicted molar refractivity (Wildman–Crippen MR) is 60.7 cm³/mol. The zero-order valence-corrected chi connectivity index (χ0v) is 9.94. The smallest absolute Gasteiger partial charge is 0.163 e. The molecule has 0 aliphatic carbocycles. The summed E-state index contributed by atoms with van der Waals surface area (Å²) < 4.78 is 1.60. The highest BCUT2D eigenvalue weighted by Crippen LogP contribution is 2.18. The summed E-state index contributed by atoms with van der Waals surface area (Å²) >= 11 is 6.06. The van der Waals surface area contributed by atoms with Gasteiger partial charge >= 0.3 is 0 Å². The second-order valence-corrected chi connectivity index (χ2v) is 3.83. The van der Waals surface area contributed by atoms with Gasteiger partial charge in [0.1, 0.15) is 23.6 Å². The maximum absolute atomic E-state index is 6.06. The fourth-order valence-corrected chi connectivity index (χ4v) is 1.58. The Morgan fingerprint density at radius 3 is 2.81 bits per heavy atom. The molecule has 6 heteroatoms. The summed E-state index contributed by atoms with van der Waals surface area (Å²) in [5.41, 5.74) is 0.812. The molecular formula is C10H12ClN5. The van der Waals surface area contributed by atoms with Crippen LogP contribution in [0.15, 0.2) is 12.7 Å². The van der Waals surface area contributed by atoms with Crippen LogP contribution in [0.5, 0.6) is 0 Å². The van der Waals surface area contributed by atoms with Crippen LogP contribution in [-0.4, -0.2) is 24.7 Å². The number of rotatable bonds is 3. The van der Waals surface area contributed by atoms with Gasteiger partial charge in [-0.2, -0.15) is 5.10 Å². The Morgan fingerprint density at radius 2 is 2.19 bits per heavy atom. The molecule has 0 fully saturated rings. The molecule has 2 rings (SSSR count). The highest BCUT2D eigenvalue weighted by Gasteiger charge is 2.10. The van der Waals surface area contributed by atoms with Crippen molar-refractivity contribution in [1.82, 2.24) is 24.7 Å². The van der Waals surface area contributed by atoms with Crippen molar-refractivity contribution >= 4 is 11.6 Å². The number of hydrogen-bond donors (Lipinski definition) is 0. The van der Waals surface area contributed by atoms with Crippen molar-refractivity contribution in [1.29, 1.82) is 0 Å². The van der Waals surface area contributed by atoms with Crippen LogP contribution in [0.1, 0.15) is 24.7 Å². The molecule has 0 atom stereocenters. The first kappa shape index (κ1) is 11.0. The number of halogens is 1. The molecule has 84 valence electrons. The lowest BCUT2D eigenvalue weighted by Crippen LogP contribution is -2.07. The Morgan fingerprint density at radius 1 is 1.38 bits per heavy atom. The molecule has 2 aromatic heterocycles. The molecule has 16 heavy (non-hydrogen) atoms. The van der Waals surface area contributed by atoms with Crippen molar-refractivity contribution in [3.8, 4) is 5.82 Å². The molecule has 0 spiro atoms. The second-order valence-electron chi connectivity index (χ2n) is 3.47. The van der Waals surface area contributed by atoms with Gasteiger partial charge in [-0.3, -0.25) is 0 Å². The van der Waals surface area contributed by atoms with E-state index in [-0.39, 0.29) is 0 Å². The van der Waals surface area contributed by atoms with Gasteiger partial charge in [0.05, 0.1) is 0 Å². The number of nitrogens with zero attached hydrogens (tertiary/aromatic N) is 5. The van der Waals surface area contributed by atoms with E-state index in [0.717, 1.165) is 24.2 Å². The Bertz CT molecular complexity index is 480. The Labute approximate surface area is 98.5 Å². The molecule has 5 nitrogen and oxygen atoms in total. The lowest BCUT2D eigenvalue weighted by Gasteiger charge is -2.07. The summed E-state index contributed by atoms with van der Waals surface area (Å²) in [6.07, 6.45) is 4.86. The third-order valence-electron chi connectivity index (χ3n) is 2.22. The van der Waals surface area contributed by atoms with Gasteiger partial charge < -0.3 is 0 Å². The maximum Gasteiger partial charge on any atom is 0.163 e. The van der Waals surface area contributed by atoms with Crippen molar-refractivity contribution in [2.75, 3.05) is 0 Å². The first-order valence-corrected chi connectivity index (χ1v) is 5.48. The molecule has 0 N–H and O–H groups in total. The molecule has 2 aromatic rings. The van der Waals surface area contributed by atoms with Crippen LogP contribution >= 0.6 is 11.6 Å². The van der Waals surface area contributed by atoms with Crippen molar-refractivity contribution in [2.45, 2.75) is 26.7 Å². The Kier molecular flexibility index (Phi) is 3.14. The summed E-state index contributed by atoms with van der Waals surface area (Å²) in [5.74, 6) is 1.43. The van der Waals surface area contributed by atoms with Crippen LogP contribution in [0.4, 0.5) is 0 Å². The number of aryl methyl sites for hydroxylation is 1. The molecule has 0 amide bonds. The minimum absolute atomic E-state index is 0.476. The molecule has 0 aromatic carbocycles. The summed E-state index contributed by atoms with van der Waals surface area (Å²) in [7, 11) is 0. The molecule has 0 bridgehead atoms. The molecule has 0 radical (unpaired) electrons. The van der Waals surface area contributed by atoms with Crippen LogP contribution in [0, 0.1) is 6.92 Å². The lowest BCUT2D eigenvalue weighted by molar-refractivity contribution is 0.776. The molecule has 0 aliphatic heterocycles. The van der Waals surface area contributed by atoms with Crippen molar-refractivity contribution in [2.24, 2.45) is 0 Å². The Balaban J connectivity index is 2.51. The first-order chi connectivity index (χ1) is 7.72. The predicted octanol–water partition coefficient (Wildman–Crippen LogP) is 1.97. The average Bonchev–Trinajstić information content (AvgIpc) is 2.76. The summed E-state index contributed by atoms with van der Waals surface area (Å²) in [6.45, 7) is 3.95. The molecule has 0 saturated carbocycles. The van der Waals surface area contributed by atoms with E-state index >= 15 is 0 Å². The second kappa shape index (κ2) is 4.57. The lowest BCUT2D eigenvalue weighted by atomic mass is 10.3. The molecule has 0 unspecified atom stereocenters. The third kappa shape index (κ3) is 2.04. The van der Waals surface area contributed by atoms with Crippen molar-refractivity contribution < 1.29 is 0 Å². The van der Waals surface area contributed by atoms with Crippen LogP contribution in [0.2, 0.25) is 5.15 Å². The SMILES string of the molecule is CCCc1nc(Cl)c(C)c(-n2cncn2)n1. The molecule has 2 heterocycles. The molecular weight excluding hydrogens is 226 g/mol. The summed E-state index contributed by atoms with van der Waals surface area (Å²) in [6, 6.07) is 0. The third-order valence-corrected chi connectivity index (χ3v) is 2.58. The standard InChI is InChI=1S/C10H12ClN5/c1-3-4-8-14-9(11)7(2)10(15-8)16-6-12-5-13-16/h5-6H,3-4H2,1-2H3. The normalized spacial score (nSPS) is 10.7. The zero-order valence-electron chi connectivity index (χ0n) is 9.18. The van der Waals surface area contributed by atoms with E-state index in [1.165, 1.54) is 6.33 Å². The van der Waals surface area contributed by atoms with Gasteiger partial charge in [-0.1, -0.05) is 18.5 Å². The van der Waals surface area contributed by atoms with E-state index in [1.54, 1.807) is 11.0 Å². The van der Waals surface area contributed by atoms with Crippen LogP contribution < -0.4 is 0 Å². The van der Waals surface area contributed by atoms with E-state index in [0.29, 0.717) is 11.0 Å². The largest absolute Gasteiger partial charge is 0.223 e. The highest BCUT2D eigenvalue weighted by atomic mass is 35.5.